The lowest BCUT2D eigenvalue weighted by Crippen LogP contribution is -2.23. The number of carbonyl (C=O) groups is 1. The van der Waals surface area contributed by atoms with Gasteiger partial charge in [0.25, 0.3) is 0 Å². The first-order valence-corrected chi connectivity index (χ1v) is 6.39. The molecule has 0 aromatic carbocycles. The molecule has 1 aromatic heterocycles. The van der Waals surface area contributed by atoms with Crippen molar-refractivity contribution in [3.63, 3.8) is 0 Å². The molecule has 1 aliphatic rings. The maximum Gasteiger partial charge on any atom is 0.227 e. The Kier molecular flexibility index (Phi) is 7.01. The molecule has 18 heavy (non-hydrogen) atoms. The number of aromatic nitrogens is 1. The quantitative estimate of drug-likeness (QED) is 0.638. The van der Waals surface area contributed by atoms with Crippen LogP contribution in [0.3, 0.4) is 0 Å². The summed E-state index contributed by atoms with van der Waals surface area (Å²) < 4.78 is 19.4. The van der Waals surface area contributed by atoms with E-state index in [0.717, 1.165) is 0 Å². The summed E-state index contributed by atoms with van der Waals surface area (Å²) in [6.07, 6.45) is 0.269. The molecule has 0 bridgehead atoms. The van der Waals surface area contributed by atoms with Crippen molar-refractivity contribution in [3.05, 3.63) is 21.9 Å². The summed E-state index contributed by atoms with van der Waals surface area (Å²) in [6.45, 7) is 5.46. The molecule has 1 atom stereocenters. The monoisotopic (exact) mass is 320 g/mol. The van der Waals surface area contributed by atoms with E-state index in [2.05, 4.69) is 26.6 Å². The second-order valence-corrected chi connectivity index (χ2v) is 3.95. The molecular formula is C12H18BrFN2O2. The summed E-state index contributed by atoms with van der Waals surface area (Å²) in [6, 6.07) is 1.53. The zero-order valence-electron chi connectivity index (χ0n) is 11.0. The van der Waals surface area contributed by atoms with E-state index in [1.165, 1.54) is 13.1 Å². The Morgan fingerprint density at radius 2 is 2.11 bits per heavy atom. The van der Waals surface area contributed by atoms with Gasteiger partial charge >= 0.3 is 0 Å². The van der Waals surface area contributed by atoms with Crippen molar-refractivity contribution < 1.29 is 13.9 Å². The Bertz CT molecular complexity index is 415. The number of aryl methyl sites for hydroxylation is 1. The average molecular weight is 321 g/mol. The molecule has 102 valence electrons. The number of nitrogens with two attached hydrogens (primary N) is 1. The highest BCUT2D eigenvalue weighted by Crippen LogP contribution is 2.42. The molecule has 4 nitrogen and oxygen atoms in total. The molecule has 1 aliphatic heterocycles. The van der Waals surface area contributed by atoms with Crippen molar-refractivity contribution in [1.82, 2.24) is 4.98 Å². The van der Waals surface area contributed by atoms with E-state index in [1.54, 1.807) is 6.92 Å². The van der Waals surface area contributed by atoms with Gasteiger partial charge in [0.1, 0.15) is 11.2 Å². The lowest BCUT2D eigenvalue weighted by molar-refractivity contribution is -0.118. The fraction of sp³-hybridized carbons (Fsp3) is 0.500. The Morgan fingerprint density at radius 1 is 1.56 bits per heavy atom. The lowest BCUT2D eigenvalue weighted by Gasteiger charge is -2.09. The third-order valence-electron chi connectivity index (χ3n) is 2.12. The van der Waals surface area contributed by atoms with E-state index >= 15 is 0 Å². The van der Waals surface area contributed by atoms with Gasteiger partial charge in [-0.05, 0) is 36.0 Å². The van der Waals surface area contributed by atoms with E-state index < -0.39 is 5.67 Å². The van der Waals surface area contributed by atoms with Gasteiger partial charge in [0.2, 0.25) is 5.67 Å². The number of ether oxygens (including phenoxy) is 1. The number of hydrogen-bond donors (Lipinski definition) is 1. The van der Waals surface area contributed by atoms with Crippen molar-refractivity contribution in [2.75, 3.05) is 13.7 Å². The van der Waals surface area contributed by atoms with Gasteiger partial charge in [-0.1, -0.05) is 13.8 Å². The molecule has 0 radical (unpaired) electrons. The first kappa shape index (κ1) is 17.0. The summed E-state index contributed by atoms with van der Waals surface area (Å²) in [7, 11) is 1.50. The lowest BCUT2D eigenvalue weighted by atomic mass is 10.0. The van der Waals surface area contributed by atoms with Gasteiger partial charge in [0, 0.05) is 11.3 Å². The van der Waals surface area contributed by atoms with Gasteiger partial charge < -0.3 is 10.5 Å². The fourth-order valence-corrected chi connectivity index (χ4v) is 2.03. The maximum atomic E-state index is 13.9. The SMILES string of the molecule is CC.CN.Cc1cc2c(c(Br)n1)OCC2(F)C=O. The third kappa shape index (κ3) is 3.26. The minimum absolute atomic E-state index is 0.256. The van der Waals surface area contributed by atoms with Crippen molar-refractivity contribution in [2.45, 2.75) is 26.4 Å². The van der Waals surface area contributed by atoms with Crippen molar-refractivity contribution >= 4 is 22.2 Å². The number of hydrogen-bond acceptors (Lipinski definition) is 4. The predicted molar refractivity (Wildman–Crippen MR) is 72.5 cm³/mol. The van der Waals surface area contributed by atoms with Crippen LogP contribution in [0.15, 0.2) is 10.7 Å². The largest absolute Gasteiger partial charge is 0.486 e. The van der Waals surface area contributed by atoms with Gasteiger partial charge in [0.15, 0.2) is 12.0 Å². The van der Waals surface area contributed by atoms with Crippen LogP contribution in [0, 0.1) is 6.92 Å². The highest BCUT2D eigenvalue weighted by Gasteiger charge is 2.42. The number of fused-ring (bicyclic) bond motifs is 1. The topological polar surface area (TPSA) is 65.2 Å². The second kappa shape index (κ2) is 7.43. The molecule has 2 N–H and O–H groups in total. The van der Waals surface area contributed by atoms with Crippen LogP contribution >= 0.6 is 15.9 Å². The molecule has 0 spiro atoms. The molecule has 6 heteroatoms. The fourth-order valence-electron chi connectivity index (χ4n) is 1.42. The molecule has 0 fully saturated rings. The van der Waals surface area contributed by atoms with Crippen LogP contribution in [-0.2, 0) is 10.5 Å². The van der Waals surface area contributed by atoms with E-state index in [4.69, 9.17) is 4.74 Å². The smallest absolute Gasteiger partial charge is 0.227 e. The van der Waals surface area contributed by atoms with Crippen LogP contribution in [0.1, 0.15) is 25.1 Å². The Balaban J connectivity index is 0.000000659. The molecule has 0 saturated heterocycles. The predicted octanol–water partition coefficient (Wildman–Crippen LogP) is 2.51. The van der Waals surface area contributed by atoms with Gasteiger partial charge in [-0.15, -0.1) is 0 Å². The van der Waals surface area contributed by atoms with E-state index in [9.17, 15) is 9.18 Å². The maximum absolute atomic E-state index is 13.9. The number of carbonyl (C=O) groups excluding carboxylic acids is 1. The van der Waals surface area contributed by atoms with Crippen LogP contribution < -0.4 is 10.5 Å². The molecule has 0 aliphatic carbocycles. The molecule has 0 amide bonds. The minimum atomic E-state index is -2.02. The van der Waals surface area contributed by atoms with Crippen LogP contribution in [0.2, 0.25) is 0 Å². The molecule has 2 rings (SSSR count). The molecule has 2 heterocycles. The van der Waals surface area contributed by atoms with Gasteiger partial charge in [0.05, 0.1) is 0 Å². The zero-order valence-corrected chi connectivity index (χ0v) is 12.5. The third-order valence-corrected chi connectivity index (χ3v) is 2.66. The molecule has 1 unspecified atom stereocenters. The number of aldehydes is 1. The molecule has 1 aromatic rings. The van der Waals surface area contributed by atoms with Crippen LogP contribution in [0.4, 0.5) is 4.39 Å². The first-order chi connectivity index (χ1) is 8.57. The van der Waals surface area contributed by atoms with E-state index in [0.29, 0.717) is 16.0 Å². The minimum Gasteiger partial charge on any atom is -0.486 e. The normalized spacial score (nSPS) is 19.5. The van der Waals surface area contributed by atoms with E-state index in [-0.39, 0.29) is 18.5 Å². The Hall–Kier alpha value is -1.01. The Labute approximate surface area is 115 Å². The average Bonchev–Trinajstić information content (AvgIpc) is 2.73. The molecular weight excluding hydrogens is 303 g/mol. The van der Waals surface area contributed by atoms with Crippen molar-refractivity contribution in [3.8, 4) is 5.75 Å². The number of rotatable bonds is 1. The summed E-state index contributed by atoms with van der Waals surface area (Å²) in [5, 5.41) is 0. The van der Waals surface area contributed by atoms with E-state index in [1.807, 2.05) is 13.8 Å². The highest BCUT2D eigenvalue weighted by molar-refractivity contribution is 9.10. The van der Waals surface area contributed by atoms with Crippen molar-refractivity contribution in [1.29, 1.82) is 0 Å². The first-order valence-electron chi connectivity index (χ1n) is 5.60. The summed E-state index contributed by atoms with van der Waals surface area (Å²) in [5.74, 6) is 0.324. The summed E-state index contributed by atoms with van der Waals surface area (Å²) >= 11 is 3.16. The summed E-state index contributed by atoms with van der Waals surface area (Å²) in [5.41, 5.74) is 3.38. The van der Waals surface area contributed by atoms with Gasteiger partial charge in [-0.25, -0.2) is 9.37 Å². The van der Waals surface area contributed by atoms with Crippen LogP contribution in [0.5, 0.6) is 5.75 Å². The van der Waals surface area contributed by atoms with Crippen molar-refractivity contribution in [2.24, 2.45) is 5.73 Å². The van der Waals surface area contributed by atoms with Crippen LogP contribution in [0.25, 0.3) is 0 Å². The summed E-state index contributed by atoms with van der Waals surface area (Å²) in [4.78, 5) is 14.7. The standard InChI is InChI=1S/C9H7BrFNO2.C2H6.CH5N/c1-5-2-6-7(8(10)12-5)14-4-9(6,11)3-13;2*1-2/h2-3H,4H2,1H3;1-2H3;2H2,1H3. The number of nitrogens with zero attached hydrogens (tertiary/aromatic N) is 1. The Morgan fingerprint density at radius 3 is 2.61 bits per heavy atom. The van der Waals surface area contributed by atoms with Crippen LogP contribution in [-0.4, -0.2) is 24.9 Å². The second-order valence-electron chi connectivity index (χ2n) is 3.20. The number of pyridine rings is 1. The number of halogens is 2. The van der Waals surface area contributed by atoms with Gasteiger partial charge in [-0.2, -0.15) is 0 Å². The highest BCUT2D eigenvalue weighted by atomic mass is 79.9. The zero-order chi connectivity index (χ0) is 14.3. The van der Waals surface area contributed by atoms with Gasteiger partial charge in [-0.3, -0.25) is 4.79 Å². The molecule has 0 saturated carbocycles. The number of alkyl halides is 1.